The van der Waals surface area contributed by atoms with Gasteiger partial charge in [-0.15, -0.1) is 0 Å². The van der Waals surface area contributed by atoms with Gasteiger partial charge < -0.3 is 5.32 Å². The van der Waals surface area contributed by atoms with Crippen LogP contribution in [0.5, 0.6) is 0 Å². The maximum atomic E-state index is 12.4. The van der Waals surface area contributed by atoms with E-state index in [1.165, 1.54) is 17.1 Å². The number of nitrogens with zero attached hydrogens (tertiary/aromatic N) is 1. The van der Waals surface area contributed by atoms with E-state index in [0.717, 1.165) is 17.4 Å². The van der Waals surface area contributed by atoms with Crippen molar-refractivity contribution in [3.63, 3.8) is 0 Å². The number of sulfonamides is 1. The lowest BCUT2D eigenvalue weighted by Gasteiger charge is -2.27. The number of benzene rings is 1. The van der Waals surface area contributed by atoms with E-state index in [0.29, 0.717) is 11.4 Å². The highest BCUT2D eigenvalue weighted by Crippen LogP contribution is 2.20. The number of hydrogen-bond acceptors (Lipinski definition) is 3. The second kappa shape index (κ2) is 6.35. The van der Waals surface area contributed by atoms with Crippen molar-refractivity contribution >= 4 is 26.0 Å². The van der Waals surface area contributed by atoms with Gasteiger partial charge in [0.25, 0.3) is 0 Å². The quantitative estimate of drug-likeness (QED) is 0.909. The van der Waals surface area contributed by atoms with Gasteiger partial charge in [0, 0.05) is 24.1 Å². The maximum absolute atomic E-state index is 12.4. The molecule has 0 spiro atoms. The molecule has 19 heavy (non-hydrogen) atoms. The monoisotopic (exact) mass is 346 g/mol. The summed E-state index contributed by atoms with van der Waals surface area (Å²) in [6.07, 6.45) is 3.39. The van der Waals surface area contributed by atoms with Crippen LogP contribution in [-0.2, 0) is 10.0 Å². The first-order valence-corrected chi connectivity index (χ1v) is 8.69. The van der Waals surface area contributed by atoms with Crippen molar-refractivity contribution in [2.24, 2.45) is 0 Å². The molecule has 4 nitrogen and oxygen atoms in total. The number of hydrogen-bond donors (Lipinski definition) is 1. The molecule has 1 aliphatic heterocycles. The number of likely N-dealkylation sites (N-methyl/N-ethyl adjacent to an activating group) is 1. The summed E-state index contributed by atoms with van der Waals surface area (Å²) in [6.45, 7) is 1.50. The molecule has 106 valence electrons. The van der Waals surface area contributed by atoms with Crippen molar-refractivity contribution in [3.05, 3.63) is 28.7 Å². The molecule has 1 atom stereocenters. The van der Waals surface area contributed by atoms with E-state index in [1.54, 1.807) is 25.2 Å². The van der Waals surface area contributed by atoms with Crippen molar-refractivity contribution in [2.75, 3.05) is 20.1 Å². The first-order valence-electron chi connectivity index (χ1n) is 6.45. The number of halogens is 1. The second-order valence-corrected chi connectivity index (χ2v) is 7.85. The van der Waals surface area contributed by atoms with Crippen LogP contribution < -0.4 is 5.32 Å². The molecule has 0 bridgehead atoms. The molecular formula is C13H19BrN2O2S. The lowest BCUT2D eigenvalue weighted by Crippen LogP contribution is -2.44. The van der Waals surface area contributed by atoms with Gasteiger partial charge in [-0.05, 0) is 37.6 Å². The average molecular weight is 347 g/mol. The lowest BCUT2D eigenvalue weighted by molar-refractivity contribution is 0.337. The number of nitrogens with one attached hydrogen (secondary N) is 1. The molecule has 1 fully saturated rings. The van der Waals surface area contributed by atoms with Crippen molar-refractivity contribution in [3.8, 4) is 0 Å². The molecule has 1 unspecified atom stereocenters. The molecule has 1 saturated heterocycles. The topological polar surface area (TPSA) is 49.4 Å². The van der Waals surface area contributed by atoms with Crippen LogP contribution in [-0.4, -0.2) is 38.9 Å². The van der Waals surface area contributed by atoms with Gasteiger partial charge in [0.1, 0.15) is 0 Å². The Morgan fingerprint density at radius 1 is 1.42 bits per heavy atom. The van der Waals surface area contributed by atoms with Gasteiger partial charge in [0.2, 0.25) is 10.0 Å². The Bertz CT molecular complexity index is 527. The summed E-state index contributed by atoms with van der Waals surface area (Å²) in [5.41, 5.74) is 0. The van der Waals surface area contributed by atoms with Crippen LogP contribution in [0.4, 0.5) is 0 Å². The minimum atomic E-state index is -3.40. The summed E-state index contributed by atoms with van der Waals surface area (Å²) in [5.74, 6) is 0. The number of piperidine rings is 1. The fourth-order valence-electron chi connectivity index (χ4n) is 2.30. The Labute approximate surface area is 123 Å². The van der Waals surface area contributed by atoms with Gasteiger partial charge in [0.05, 0.1) is 4.90 Å². The molecule has 6 heteroatoms. The second-order valence-electron chi connectivity index (χ2n) is 4.89. The molecule has 0 amide bonds. The van der Waals surface area contributed by atoms with Crippen LogP contribution >= 0.6 is 15.9 Å². The predicted octanol–water partition coefficient (Wildman–Crippen LogP) is 2.21. The Kier molecular flexibility index (Phi) is 5.00. The molecule has 0 saturated carbocycles. The van der Waals surface area contributed by atoms with E-state index in [4.69, 9.17) is 0 Å². The van der Waals surface area contributed by atoms with Crippen LogP contribution in [0, 0.1) is 0 Å². The highest BCUT2D eigenvalue weighted by atomic mass is 79.9. The Hall–Kier alpha value is -0.430. The van der Waals surface area contributed by atoms with E-state index >= 15 is 0 Å². The highest BCUT2D eigenvalue weighted by molar-refractivity contribution is 9.10. The van der Waals surface area contributed by atoms with Gasteiger partial charge in [-0.3, -0.25) is 0 Å². The van der Waals surface area contributed by atoms with Crippen LogP contribution in [0.1, 0.15) is 19.3 Å². The zero-order valence-electron chi connectivity index (χ0n) is 11.0. The SMILES string of the molecule is CN(CC1CCCCN1)S(=O)(=O)c1cccc(Br)c1. The maximum Gasteiger partial charge on any atom is 0.242 e. The predicted molar refractivity (Wildman–Crippen MR) is 79.6 cm³/mol. The minimum Gasteiger partial charge on any atom is -0.313 e. The van der Waals surface area contributed by atoms with E-state index in [9.17, 15) is 8.42 Å². The normalized spacial score (nSPS) is 20.7. The third-order valence-electron chi connectivity index (χ3n) is 3.39. The van der Waals surface area contributed by atoms with E-state index < -0.39 is 10.0 Å². The molecule has 2 rings (SSSR count). The fourth-order valence-corrected chi connectivity index (χ4v) is 4.11. The third-order valence-corrected chi connectivity index (χ3v) is 5.71. The lowest BCUT2D eigenvalue weighted by atomic mass is 10.1. The molecule has 1 aliphatic rings. The van der Waals surface area contributed by atoms with Gasteiger partial charge in [-0.2, -0.15) is 4.31 Å². The van der Waals surface area contributed by atoms with Crippen molar-refractivity contribution in [1.82, 2.24) is 9.62 Å². The largest absolute Gasteiger partial charge is 0.313 e. The fraction of sp³-hybridized carbons (Fsp3) is 0.538. The molecule has 0 aliphatic carbocycles. The van der Waals surface area contributed by atoms with Gasteiger partial charge in [-0.1, -0.05) is 28.4 Å². The van der Waals surface area contributed by atoms with Gasteiger partial charge in [0.15, 0.2) is 0 Å². The van der Waals surface area contributed by atoms with Crippen LogP contribution in [0.2, 0.25) is 0 Å². The van der Waals surface area contributed by atoms with Crippen molar-refractivity contribution in [1.29, 1.82) is 0 Å². The van der Waals surface area contributed by atoms with E-state index in [2.05, 4.69) is 21.2 Å². The Balaban J connectivity index is 2.10. The number of rotatable bonds is 4. The zero-order chi connectivity index (χ0) is 13.9. The molecule has 1 aromatic rings. The van der Waals surface area contributed by atoms with Crippen molar-refractivity contribution < 1.29 is 8.42 Å². The first-order chi connectivity index (χ1) is 9.00. The minimum absolute atomic E-state index is 0.265. The molecular weight excluding hydrogens is 328 g/mol. The summed E-state index contributed by atoms with van der Waals surface area (Å²) in [7, 11) is -1.75. The van der Waals surface area contributed by atoms with Crippen LogP contribution in [0.25, 0.3) is 0 Å². The van der Waals surface area contributed by atoms with Gasteiger partial charge in [-0.25, -0.2) is 8.42 Å². The molecule has 1 aromatic carbocycles. The standard InChI is InChI=1S/C13H19BrN2O2S/c1-16(10-12-6-2-3-8-15-12)19(17,18)13-7-4-5-11(14)9-13/h4-5,7,9,12,15H,2-3,6,8,10H2,1H3. The van der Waals surface area contributed by atoms with Gasteiger partial charge >= 0.3 is 0 Å². The van der Waals surface area contributed by atoms with Crippen LogP contribution in [0.15, 0.2) is 33.6 Å². The molecule has 0 radical (unpaired) electrons. The Morgan fingerprint density at radius 2 is 2.21 bits per heavy atom. The summed E-state index contributed by atoms with van der Waals surface area (Å²) in [5, 5.41) is 3.37. The van der Waals surface area contributed by atoms with Crippen molar-refractivity contribution in [2.45, 2.75) is 30.2 Å². The summed E-state index contributed by atoms with van der Waals surface area (Å²) < 4.78 is 27.1. The van der Waals surface area contributed by atoms with E-state index in [1.807, 2.05) is 6.07 Å². The third kappa shape index (κ3) is 3.78. The molecule has 1 N–H and O–H groups in total. The first kappa shape index (κ1) is 15.0. The average Bonchev–Trinajstić information content (AvgIpc) is 2.40. The smallest absolute Gasteiger partial charge is 0.242 e. The summed E-state index contributed by atoms with van der Waals surface area (Å²) in [6, 6.07) is 7.09. The van der Waals surface area contributed by atoms with Crippen LogP contribution in [0.3, 0.4) is 0 Å². The zero-order valence-corrected chi connectivity index (χ0v) is 13.4. The molecule has 0 aromatic heterocycles. The summed E-state index contributed by atoms with van der Waals surface area (Å²) >= 11 is 3.31. The molecule has 1 heterocycles. The summed E-state index contributed by atoms with van der Waals surface area (Å²) in [4.78, 5) is 0.334. The Morgan fingerprint density at radius 3 is 2.84 bits per heavy atom. The van der Waals surface area contributed by atoms with E-state index in [-0.39, 0.29) is 6.04 Å². The highest BCUT2D eigenvalue weighted by Gasteiger charge is 2.24.